The fourth-order valence-corrected chi connectivity index (χ4v) is 2.67. The summed E-state index contributed by atoms with van der Waals surface area (Å²) in [5.41, 5.74) is 0. The average molecular weight is 254 g/mol. The van der Waals surface area contributed by atoms with Crippen LogP contribution in [0.5, 0.6) is 0 Å². The van der Waals surface area contributed by atoms with Crippen molar-refractivity contribution in [1.29, 1.82) is 0 Å². The molecule has 1 aromatic rings. The summed E-state index contributed by atoms with van der Waals surface area (Å²) in [7, 11) is 0. The molecule has 94 valence electrons. The third-order valence-corrected chi connectivity index (χ3v) is 3.91. The van der Waals surface area contributed by atoms with Gasteiger partial charge in [0.15, 0.2) is 0 Å². The van der Waals surface area contributed by atoms with Crippen molar-refractivity contribution in [2.24, 2.45) is 0 Å². The molecule has 0 radical (unpaired) electrons. The number of aryl methyl sites for hydroxylation is 1. The molecule has 1 fully saturated rings. The average Bonchev–Trinajstić information content (AvgIpc) is 2.97. The summed E-state index contributed by atoms with van der Waals surface area (Å²) in [5, 5.41) is 15.5. The topological polar surface area (TPSA) is 66.9 Å². The summed E-state index contributed by atoms with van der Waals surface area (Å²) in [4.78, 5) is 11.6. The van der Waals surface area contributed by atoms with Crippen LogP contribution in [-0.4, -0.2) is 28.7 Å². The maximum atomic E-state index is 11.6. The van der Waals surface area contributed by atoms with E-state index >= 15 is 0 Å². The number of anilines is 1. The number of carbonyl (C=O) groups is 1. The van der Waals surface area contributed by atoms with Crippen LogP contribution in [0.2, 0.25) is 0 Å². The Morgan fingerprint density at radius 2 is 2.18 bits per heavy atom. The van der Waals surface area contributed by atoms with Crippen LogP contribution < -0.4 is 10.6 Å². The van der Waals surface area contributed by atoms with Crippen LogP contribution in [0.1, 0.15) is 37.6 Å². The van der Waals surface area contributed by atoms with Crippen molar-refractivity contribution in [3.05, 3.63) is 5.01 Å². The molecule has 1 saturated carbocycles. The molecule has 5 nitrogen and oxygen atoms in total. The van der Waals surface area contributed by atoms with Crippen molar-refractivity contribution < 1.29 is 4.79 Å². The lowest BCUT2D eigenvalue weighted by molar-refractivity contribution is -0.115. The zero-order chi connectivity index (χ0) is 12.1. The van der Waals surface area contributed by atoms with Crippen molar-refractivity contribution >= 4 is 22.4 Å². The third-order valence-electron chi connectivity index (χ3n) is 2.92. The van der Waals surface area contributed by atoms with E-state index in [1.165, 1.54) is 37.0 Å². The van der Waals surface area contributed by atoms with Gasteiger partial charge in [-0.15, -0.1) is 10.2 Å². The molecule has 1 aliphatic rings. The van der Waals surface area contributed by atoms with Gasteiger partial charge >= 0.3 is 0 Å². The molecule has 1 aromatic heterocycles. The van der Waals surface area contributed by atoms with Crippen LogP contribution in [0.25, 0.3) is 0 Å². The predicted octanol–water partition coefficient (Wildman–Crippen LogP) is 1.57. The molecular formula is C11H18N4OS. The molecule has 2 rings (SSSR count). The fraction of sp³-hybridized carbons (Fsp3) is 0.727. The SMILES string of the molecule is CCc1nnc(NC(=O)CNC2CCCC2)s1. The molecule has 17 heavy (non-hydrogen) atoms. The fourth-order valence-electron chi connectivity index (χ4n) is 1.98. The van der Waals surface area contributed by atoms with Crippen molar-refractivity contribution in [3.63, 3.8) is 0 Å². The Hall–Kier alpha value is -1.01. The second-order valence-electron chi connectivity index (χ2n) is 4.26. The van der Waals surface area contributed by atoms with E-state index in [-0.39, 0.29) is 5.91 Å². The number of nitrogens with one attached hydrogen (secondary N) is 2. The number of nitrogens with zero attached hydrogens (tertiary/aromatic N) is 2. The van der Waals surface area contributed by atoms with E-state index < -0.39 is 0 Å². The lowest BCUT2D eigenvalue weighted by atomic mass is 10.2. The summed E-state index contributed by atoms with van der Waals surface area (Å²) in [5.74, 6) is -0.0318. The van der Waals surface area contributed by atoms with E-state index in [1.54, 1.807) is 0 Å². The first-order chi connectivity index (χ1) is 8.28. The van der Waals surface area contributed by atoms with Crippen LogP contribution in [0.15, 0.2) is 0 Å². The maximum absolute atomic E-state index is 11.6. The Balaban J connectivity index is 1.72. The van der Waals surface area contributed by atoms with Gasteiger partial charge in [-0.05, 0) is 19.3 Å². The first-order valence-electron chi connectivity index (χ1n) is 6.13. The van der Waals surface area contributed by atoms with Crippen molar-refractivity contribution in [2.45, 2.75) is 45.1 Å². The highest BCUT2D eigenvalue weighted by Gasteiger charge is 2.15. The number of carbonyl (C=O) groups excluding carboxylic acids is 1. The van der Waals surface area contributed by atoms with Crippen LogP contribution in [0, 0.1) is 0 Å². The first-order valence-corrected chi connectivity index (χ1v) is 6.95. The summed E-state index contributed by atoms with van der Waals surface area (Å²) < 4.78 is 0. The Bertz CT molecular complexity index is 373. The van der Waals surface area contributed by atoms with E-state index in [4.69, 9.17) is 0 Å². The summed E-state index contributed by atoms with van der Waals surface area (Å²) in [6.45, 7) is 2.39. The number of rotatable bonds is 5. The Kier molecular flexibility index (Phi) is 4.44. The van der Waals surface area contributed by atoms with Gasteiger partial charge in [-0.2, -0.15) is 0 Å². The van der Waals surface area contributed by atoms with Gasteiger partial charge in [0.25, 0.3) is 0 Å². The monoisotopic (exact) mass is 254 g/mol. The largest absolute Gasteiger partial charge is 0.306 e. The zero-order valence-corrected chi connectivity index (χ0v) is 10.8. The quantitative estimate of drug-likeness (QED) is 0.837. The van der Waals surface area contributed by atoms with Crippen molar-refractivity contribution in [1.82, 2.24) is 15.5 Å². The van der Waals surface area contributed by atoms with Crippen molar-refractivity contribution in [2.75, 3.05) is 11.9 Å². The minimum Gasteiger partial charge on any atom is -0.306 e. The molecule has 0 aromatic carbocycles. The molecule has 6 heteroatoms. The summed E-state index contributed by atoms with van der Waals surface area (Å²) in [6.07, 6.45) is 5.77. The molecule has 0 bridgehead atoms. The highest BCUT2D eigenvalue weighted by atomic mass is 32.1. The van der Waals surface area contributed by atoms with E-state index in [0.717, 1.165) is 11.4 Å². The van der Waals surface area contributed by atoms with Crippen LogP contribution in [0.3, 0.4) is 0 Å². The summed E-state index contributed by atoms with van der Waals surface area (Å²) in [6, 6.07) is 0.515. The van der Waals surface area contributed by atoms with Gasteiger partial charge < -0.3 is 5.32 Å². The second-order valence-corrected chi connectivity index (χ2v) is 5.33. The first kappa shape index (κ1) is 12.4. The molecule has 0 aliphatic heterocycles. The van der Waals surface area contributed by atoms with Crippen molar-refractivity contribution in [3.8, 4) is 0 Å². The number of hydrogen-bond acceptors (Lipinski definition) is 5. The van der Waals surface area contributed by atoms with Crippen LogP contribution in [0.4, 0.5) is 5.13 Å². The molecule has 2 N–H and O–H groups in total. The molecule has 0 atom stereocenters. The second kappa shape index (κ2) is 6.07. The molecular weight excluding hydrogens is 236 g/mol. The van der Waals surface area contributed by atoms with Crippen LogP contribution in [-0.2, 0) is 11.2 Å². The maximum Gasteiger partial charge on any atom is 0.240 e. The van der Waals surface area contributed by atoms with Gasteiger partial charge in [0, 0.05) is 6.04 Å². The van der Waals surface area contributed by atoms with E-state index in [2.05, 4.69) is 20.8 Å². The Morgan fingerprint density at radius 1 is 1.41 bits per heavy atom. The lowest BCUT2D eigenvalue weighted by Gasteiger charge is -2.10. The predicted molar refractivity (Wildman–Crippen MR) is 68.2 cm³/mol. The van der Waals surface area contributed by atoms with E-state index in [9.17, 15) is 4.79 Å². The summed E-state index contributed by atoms with van der Waals surface area (Å²) >= 11 is 1.44. The molecule has 1 heterocycles. The number of hydrogen-bond donors (Lipinski definition) is 2. The smallest absolute Gasteiger partial charge is 0.240 e. The van der Waals surface area contributed by atoms with Gasteiger partial charge in [0.1, 0.15) is 5.01 Å². The van der Waals surface area contributed by atoms with Gasteiger partial charge in [0.05, 0.1) is 6.54 Å². The number of amides is 1. The molecule has 0 unspecified atom stereocenters. The molecule has 0 saturated heterocycles. The highest BCUT2D eigenvalue weighted by molar-refractivity contribution is 7.15. The van der Waals surface area contributed by atoms with Gasteiger partial charge in [-0.1, -0.05) is 31.1 Å². The highest BCUT2D eigenvalue weighted by Crippen LogP contribution is 2.17. The van der Waals surface area contributed by atoms with Gasteiger partial charge in [0.2, 0.25) is 11.0 Å². The minimum atomic E-state index is -0.0318. The zero-order valence-electron chi connectivity index (χ0n) is 10.0. The Morgan fingerprint density at radius 3 is 2.82 bits per heavy atom. The molecule has 0 spiro atoms. The lowest BCUT2D eigenvalue weighted by Crippen LogP contribution is -2.34. The standard InChI is InChI=1S/C11H18N4OS/c1-2-10-14-15-11(17-10)13-9(16)7-12-8-5-3-4-6-8/h8,12H,2-7H2,1H3,(H,13,15,16). The van der Waals surface area contributed by atoms with E-state index in [0.29, 0.717) is 17.7 Å². The number of aromatic nitrogens is 2. The van der Waals surface area contributed by atoms with E-state index in [1.807, 2.05) is 6.92 Å². The molecule has 1 amide bonds. The minimum absolute atomic E-state index is 0.0318. The normalized spacial score (nSPS) is 16.3. The van der Waals surface area contributed by atoms with Crippen LogP contribution >= 0.6 is 11.3 Å². The molecule has 1 aliphatic carbocycles. The Labute approximate surface area is 105 Å². The van der Waals surface area contributed by atoms with Gasteiger partial charge in [-0.3, -0.25) is 10.1 Å². The third kappa shape index (κ3) is 3.74. The van der Waals surface area contributed by atoms with Gasteiger partial charge in [-0.25, -0.2) is 0 Å².